The first-order chi connectivity index (χ1) is 10.5. The van der Waals surface area contributed by atoms with Crippen molar-refractivity contribution in [3.63, 3.8) is 0 Å². The molecule has 1 saturated carbocycles. The van der Waals surface area contributed by atoms with Crippen molar-refractivity contribution in [3.05, 3.63) is 41.7 Å². The fraction of sp³-hybridized carbons (Fsp3) is 0.471. The second kappa shape index (κ2) is 5.71. The average molecular weight is 305 g/mol. The lowest BCUT2D eigenvalue weighted by atomic mass is 9.67. The van der Waals surface area contributed by atoms with Crippen LogP contribution in [0.3, 0.4) is 0 Å². The molecule has 22 heavy (non-hydrogen) atoms. The molecule has 2 aromatic rings. The Kier molecular flexibility index (Phi) is 3.89. The summed E-state index contributed by atoms with van der Waals surface area (Å²) in [6.45, 7) is 2.83. The van der Waals surface area contributed by atoms with Gasteiger partial charge in [0.05, 0.1) is 24.7 Å². The lowest BCUT2D eigenvalue weighted by molar-refractivity contribution is 0.0465. The first kappa shape index (κ1) is 15.0. The van der Waals surface area contributed by atoms with Gasteiger partial charge in [0.2, 0.25) is 0 Å². The minimum Gasteiger partial charge on any atom is -0.382 e. The predicted molar refractivity (Wildman–Crippen MR) is 84.1 cm³/mol. The van der Waals surface area contributed by atoms with Gasteiger partial charge in [-0.1, -0.05) is 6.07 Å². The van der Waals surface area contributed by atoms with Crippen molar-refractivity contribution in [2.24, 2.45) is 5.41 Å². The summed E-state index contributed by atoms with van der Waals surface area (Å²) in [7, 11) is 0. The first-order valence-corrected chi connectivity index (χ1v) is 7.57. The molecule has 0 bridgehead atoms. The summed E-state index contributed by atoms with van der Waals surface area (Å²) in [5, 5.41) is 7.84. The summed E-state index contributed by atoms with van der Waals surface area (Å²) in [4.78, 5) is 0. The van der Waals surface area contributed by atoms with Crippen LogP contribution in [-0.2, 0) is 0 Å². The maximum absolute atomic E-state index is 12.9. The minimum atomic E-state index is -0.745. The van der Waals surface area contributed by atoms with Gasteiger partial charge in [0.15, 0.2) is 0 Å². The van der Waals surface area contributed by atoms with E-state index in [0.29, 0.717) is 12.8 Å². The zero-order chi connectivity index (χ0) is 15.7. The summed E-state index contributed by atoms with van der Waals surface area (Å²) in [6, 6.07) is 10.1. The van der Waals surface area contributed by atoms with Gasteiger partial charge in [0, 0.05) is 22.8 Å². The molecule has 0 radical (unpaired) electrons. The van der Waals surface area contributed by atoms with E-state index in [1.54, 1.807) is 0 Å². The molecule has 3 nitrogen and oxygen atoms in total. The number of alkyl halides is 2. The second-order valence-corrected chi connectivity index (χ2v) is 6.41. The van der Waals surface area contributed by atoms with Gasteiger partial charge in [-0.3, -0.25) is 8.78 Å². The summed E-state index contributed by atoms with van der Waals surface area (Å²) >= 11 is 0. The number of aromatic nitrogens is 2. The lowest BCUT2D eigenvalue weighted by Gasteiger charge is -2.44. The summed E-state index contributed by atoms with van der Waals surface area (Å²) in [5.41, 5.74) is 3.25. The van der Waals surface area contributed by atoms with E-state index in [9.17, 15) is 8.78 Å². The Balaban J connectivity index is 1.72. The highest BCUT2D eigenvalue weighted by Gasteiger charge is 2.44. The monoisotopic (exact) mass is 305 g/mol. The third-order valence-corrected chi connectivity index (χ3v) is 4.40. The smallest absolute Gasteiger partial charge is 0.0977 e. The Morgan fingerprint density at radius 2 is 1.95 bits per heavy atom. The molecule has 0 atom stereocenters. The molecule has 1 aromatic carbocycles. The number of aryl methyl sites for hydroxylation is 2. The number of rotatable bonds is 5. The molecular formula is C17H21F2N3. The average Bonchev–Trinajstić information content (AvgIpc) is 2.82. The molecule has 1 aromatic heterocycles. The van der Waals surface area contributed by atoms with Gasteiger partial charge in [-0.25, -0.2) is 4.68 Å². The highest BCUT2D eigenvalue weighted by Crippen LogP contribution is 2.43. The van der Waals surface area contributed by atoms with Crippen molar-refractivity contribution < 1.29 is 8.78 Å². The van der Waals surface area contributed by atoms with Gasteiger partial charge in [-0.05, 0) is 51.0 Å². The zero-order valence-electron chi connectivity index (χ0n) is 12.9. The Labute approximate surface area is 129 Å². The molecule has 0 saturated heterocycles. The largest absolute Gasteiger partial charge is 0.382 e. The van der Waals surface area contributed by atoms with Crippen molar-refractivity contribution in [2.45, 2.75) is 32.7 Å². The van der Waals surface area contributed by atoms with Crippen molar-refractivity contribution in [3.8, 4) is 5.69 Å². The zero-order valence-corrected chi connectivity index (χ0v) is 12.9. The third-order valence-electron chi connectivity index (χ3n) is 4.40. The van der Waals surface area contributed by atoms with Gasteiger partial charge in [0.1, 0.15) is 0 Å². The van der Waals surface area contributed by atoms with Crippen molar-refractivity contribution in [1.82, 2.24) is 9.78 Å². The lowest BCUT2D eigenvalue weighted by Crippen LogP contribution is -2.48. The molecule has 1 aliphatic carbocycles. The quantitative estimate of drug-likeness (QED) is 0.905. The van der Waals surface area contributed by atoms with Gasteiger partial charge >= 0.3 is 0 Å². The van der Waals surface area contributed by atoms with Crippen LogP contribution >= 0.6 is 0 Å². The van der Waals surface area contributed by atoms with Gasteiger partial charge < -0.3 is 5.32 Å². The SMILES string of the molecule is Cc1cc(C)n(-c2cccc(NC3CC(CF)(CF)C3)c2)n1. The van der Waals surface area contributed by atoms with Crippen LogP contribution < -0.4 is 5.32 Å². The van der Waals surface area contributed by atoms with Crippen LogP contribution in [0.2, 0.25) is 0 Å². The molecule has 0 amide bonds. The summed E-state index contributed by atoms with van der Waals surface area (Å²) < 4.78 is 27.6. The van der Waals surface area contributed by atoms with Crippen LogP contribution in [-0.4, -0.2) is 29.2 Å². The van der Waals surface area contributed by atoms with Crippen LogP contribution in [0.4, 0.5) is 14.5 Å². The number of hydrogen-bond donors (Lipinski definition) is 1. The van der Waals surface area contributed by atoms with Crippen molar-refractivity contribution in [2.75, 3.05) is 18.7 Å². The Hall–Kier alpha value is -1.91. The standard InChI is InChI=1S/C17H21F2N3/c1-12-6-13(2)22(21-12)16-5-3-4-14(7-16)20-15-8-17(9-15,10-18)11-19/h3-7,15,20H,8-11H2,1-2H3. The molecule has 5 heteroatoms. The second-order valence-electron chi connectivity index (χ2n) is 6.41. The molecule has 0 aliphatic heterocycles. The van der Waals surface area contributed by atoms with Gasteiger partial charge in [-0.2, -0.15) is 5.10 Å². The third kappa shape index (κ3) is 2.72. The molecule has 1 N–H and O–H groups in total. The van der Waals surface area contributed by atoms with Crippen molar-refractivity contribution in [1.29, 1.82) is 0 Å². The van der Waals surface area contributed by atoms with Crippen LogP contribution in [0.15, 0.2) is 30.3 Å². The van der Waals surface area contributed by atoms with E-state index in [2.05, 4.69) is 10.4 Å². The van der Waals surface area contributed by atoms with Crippen LogP contribution in [0.5, 0.6) is 0 Å². The predicted octanol–water partition coefficient (Wildman–Crippen LogP) is 3.99. The van der Waals surface area contributed by atoms with Crippen molar-refractivity contribution >= 4 is 5.69 Å². The van der Waals surface area contributed by atoms with Crippen LogP contribution in [0.25, 0.3) is 5.69 Å². The van der Waals surface area contributed by atoms with Crippen LogP contribution in [0.1, 0.15) is 24.2 Å². The molecule has 1 fully saturated rings. The molecule has 1 heterocycles. The van der Waals surface area contributed by atoms with E-state index in [0.717, 1.165) is 22.8 Å². The number of halogens is 2. The summed E-state index contributed by atoms with van der Waals surface area (Å²) in [5.74, 6) is 0. The topological polar surface area (TPSA) is 29.9 Å². The van der Waals surface area contributed by atoms with Crippen LogP contribution in [0, 0.1) is 19.3 Å². The first-order valence-electron chi connectivity index (χ1n) is 7.57. The van der Waals surface area contributed by atoms with E-state index in [-0.39, 0.29) is 6.04 Å². The Morgan fingerprint density at radius 3 is 2.55 bits per heavy atom. The number of nitrogens with one attached hydrogen (secondary N) is 1. The fourth-order valence-corrected chi connectivity index (χ4v) is 3.20. The number of benzene rings is 1. The molecular weight excluding hydrogens is 284 g/mol. The molecule has 118 valence electrons. The van der Waals surface area contributed by atoms with E-state index in [1.807, 2.05) is 48.9 Å². The molecule has 0 spiro atoms. The normalized spacial score (nSPS) is 17.3. The van der Waals surface area contributed by atoms with E-state index in [1.165, 1.54) is 0 Å². The maximum atomic E-state index is 12.9. The Bertz CT molecular complexity index is 654. The van der Waals surface area contributed by atoms with E-state index >= 15 is 0 Å². The molecule has 1 aliphatic rings. The summed E-state index contributed by atoms with van der Waals surface area (Å²) in [6.07, 6.45) is 1.09. The molecule has 3 rings (SSSR count). The minimum absolute atomic E-state index is 0.141. The highest BCUT2D eigenvalue weighted by atomic mass is 19.1. The van der Waals surface area contributed by atoms with E-state index in [4.69, 9.17) is 0 Å². The van der Waals surface area contributed by atoms with E-state index < -0.39 is 18.8 Å². The Morgan fingerprint density at radius 1 is 1.23 bits per heavy atom. The number of nitrogens with zero attached hydrogens (tertiary/aromatic N) is 2. The number of hydrogen-bond acceptors (Lipinski definition) is 2. The molecule has 0 unspecified atom stereocenters. The van der Waals surface area contributed by atoms with Gasteiger partial charge in [-0.15, -0.1) is 0 Å². The maximum Gasteiger partial charge on any atom is 0.0977 e. The highest BCUT2D eigenvalue weighted by molar-refractivity contribution is 5.52. The van der Waals surface area contributed by atoms with Gasteiger partial charge in [0.25, 0.3) is 0 Å². The fourth-order valence-electron chi connectivity index (χ4n) is 3.20. The number of anilines is 1.